The molecule has 0 saturated heterocycles. The van der Waals surface area contributed by atoms with Gasteiger partial charge in [-0.25, -0.2) is 4.79 Å². The van der Waals surface area contributed by atoms with Crippen molar-refractivity contribution in [1.29, 1.82) is 0 Å². The van der Waals surface area contributed by atoms with Gasteiger partial charge in [0, 0.05) is 18.3 Å². The second kappa shape index (κ2) is 5.76. The number of carbonyl (C=O) groups is 1. The summed E-state index contributed by atoms with van der Waals surface area (Å²) < 4.78 is 5.05. The molecule has 0 radical (unpaired) electrons. The first-order chi connectivity index (χ1) is 9.16. The number of carbonyl (C=O) groups excluding carboxylic acids is 1. The molecule has 1 N–H and O–H groups in total. The number of ether oxygens (including phenoxy) is 1. The maximum absolute atomic E-state index is 11.6. The second-order valence-corrected chi connectivity index (χ2v) is 3.76. The molecule has 1 aliphatic rings. The van der Waals surface area contributed by atoms with Crippen molar-refractivity contribution >= 4 is 17.9 Å². The number of nitrogens with zero attached hydrogens (tertiary/aromatic N) is 2. The summed E-state index contributed by atoms with van der Waals surface area (Å²) in [5.74, 6) is -0.504. The van der Waals surface area contributed by atoms with E-state index in [-0.39, 0.29) is 12.3 Å². The van der Waals surface area contributed by atoms with E-state index in [9.17, 15) is 14.9 Å². The average Bonchev–Trinajstić information content (AvgIpc) is 2.46. The number of benzene rings is 1. The van der Waals surface area contributed by atoms with Gasteiger partial charge in [0.1, 0.15) is 12.3 Å². The molecule has 1 heterocycles. The summed E-state index contributed by atoms with van der Waals surface area (Å²) in [5, 5.41) is 13.3. The fourth-order valence-electron chi connectivity index (χ4n) is 1.45. The number of non-ortho nitro benzene ring substituents is 1. The fraction of sp³-hybridized carbons (Fsp3) is 0.167. The number of nitrogens with one attached hydrogen (secondary N) is 1. The molecule has 0 aliphatic carbocycles. The molecule has 1 aliphatic heterocycles. The van der Waals surface area contributed by atoms with E-state index >= 15 is 0 Å². The summed E-state index contributed by atoms with van der Waals surface area (Å²) in [6.07, 6.45) is 3.02. The number of nitro benzene ring substituents is 1. The van der Waals surface area contributed by atoms with E-state index < -0.39 is 10.9 Å². The van der Waals surface area contributed by atoms with Gasteiger partial charge >= 0.3 is 5.97 Å². The normalized spacial score (nSPS) is 13.4. The van der Waals surface area contributed by atoms with Crippen LogP contribution in [0.2, 0.25) is 0 Å². The van der Waals surface area contributed by atoms with Gasteiger partial charge < -0.3 is 10.1 Å². The third-order valence-electron chi connectivity index (χ3n) is 2.43. The van der Waals surface area contributed by atoms with Crippen LogP contribution in [0.25, 0.3) is 0 Å². The van der Waals surface area contributed by atoms with Gasteiger partial charge in [-0.3, -0.25) is 15.1 Å². The summed E-state index contributed by atoms with van der Waals surface area (Å²) in [6, 6.07) is 5.83. The molecule has 0 aromatic heterocycles. The highest BCUT2D eigenvalue weighted by molar-refractivity contribution is 5.89. The van der Waals surface area contributed by atoms with Crippen LogP contribution < -0.4 is 5.32 Å². The van der Waals surface area contributed by atoms with E-state index in [1.165, 1.54) is 18.3 Å². The van der Waals surface area contributed by atoms with Crippen LogP contribution in [0.15, 0.2) is 41.2 Å². The molecule has 0 spiro atoms. The topological polar surface area (TPSA) is 93.8 Å². The lowest BCUT2D eigenvalue weighted by Crippen LogP contribution is -2.25. The summed E-state index contributed by atoms with van der Waals surface area (Å²) in [6.45, 7) is 0.540. The molecule has 1 aromatic rings. The molecule has 0 atom stereocenters. The molecule has 7 nitrogen and oxygen atoms in total. The molecule has 0 saturated carbocycles. The molecule has 19 heavy (non-hydrogen) atoms. The van der Waals surface area contributed by atoms with Gasteiger partial charge in [-0.1, -0.05) is 0 Å². The maximum Gasteiger partial charge on any atom is 0.356 e. The van der Waals surface area contributed by atoms with Gasteiger partial charge in [0.05, 0.1) is 17.7 Å². The van der Waals surface area contributed by atoms with Gasteiger partial charge in [0.15, 0.2) is 0 Å². The second-order valence-electron chi connectivity index (χ2n) is 3.76. The number of rotatable bonds is 4. The molecule has 0 unspecified atom stereocenters. The van der Waals surface area contributed by atoms with Crippen molar-refractivity contribution in [3.63, 3.8) is 0 Å². The third-order valence-corrected chi connectivity index (χ3v) is 2.43. The van der Waals surface area contributed by atoms with Crippen LogP contribution >= 0.6 is 0 Å². The molecule has 7 heteroatoms. The van der Waals surface area contributed by atoms with E-state index in [4.69, 9.17) is 4.74 Å². The van der Waals surface area contributed by atoms with E-state index in [0.717, 1.165) is 0 Å². The molecule has 2 rings (SSSR count). The van der Waals surface area contributed by atoms with Crippen LogP contribution in [0.4, 0.5) is 5.69 Å². The predicted molar refractivity (Wildman–Crippen MR) is 67.5 cm³/mol. The minimum absolute atomic E-state index is 0.000990. The summed E-state index contributed by atoms with van der Waals surface area (Å²) in [5.41, 5.74) is 0.976. The smallest absolute Gasteiger partial charge is 0.356 e. The van der Waals surface area contributed by atoms with E-state index in [1.54, 1.807) is 18.3 Å². The van der Waals surface area contributed by atoms with Crippen molar-refractivity contribution in [2.24, 2.45) is 4.99 Å². The molecular formula is C12H11N3O4. The molecule has 1 aromatic carbocycles. The molecular weight excluding hydrogens is 250 g/mol. The number of esters is 1. The monoisotopic (exact) mass is 261 g/mol. The van der Waals surface area contributed by atoms with E-state index in [0.29, 0.717) is 17.8 Å². The van der Waals surface area contributed by atoms with Gasteiger partial charge in [-0.15, -0.1) is 0 Å². The molecule has 0 bridgehead atoms. The molecule has 98 valence electrons. The van der Waals surface area contributed by atoms with Crippen molar-refractivity contribution in [3.05, 3.63) is 51.8 Å². The Morgan fingerprint density at radius 1 is 1.42 bits per heavy atom. The van der Waals surface area contributed by atoms with Crippen molar-refractivity contribution < 1.29 is 14.5 Å². The number of hydrogen-bond donors (Lipinski definition) is 1. The predicted octanol–water partition coefficient (Wildman–Crippen LogP) is 1.15. The van der Waals surface area contributed by atoms with Gasteiger partial charge in [-0.05, 0) is 17.7 Å². The van der Waals surface area contributed by atoms with Crippen LogP contribution in [0.1, 0.15) is 5.56 Å². The first kappa shape index (κ1) is 12.7. The van der Waals surface area contributed by atoms with Crippen molar-refractivity contribution in [2.75, 3.05) is 6.54 Å². The van der Waals surface area contributed by atoms with Gasteiger partial charge in [0.25, 0.3) is 5.69 Å². The first-order valence-corrected chi connectivity index (χ1v) is 5.53. The van der Waals surface area contributed by atoms with Crippen LogP contribution in [0.5, 0.6) is 0 Å². The van der Waals surface area contributed by atoms with Crippen molar-refractivity contribution in [3.8, 4) is 0 Å². The zero-order chi connectivity index (χ0) is 13.7. The third kappa shape index (κ3) is 3.38. The number of nitro groups is 1. The Labute approximate surface area is 108 Å². The highest BCUT2D eigenvalue weighted by Crippen LogP contribution is 2.13. The minimum atomic E-state index is -0.504. The quantitative estimate of drug-likeness (QED) is 0.498. The highest BCUT2D eigenvalue weighted by atomic mass is 16.6. The lowest BCUT2D eigenvalue weighted by Gasteiger charge is -2.10. The Balaban J connectivity index is 1.91. The summed E-state index contributed by atoms with van der Waals surface area (Å²) in [4.78, 5) is 25.4. The Morgan fingerprint density at radius 3 is 2.74 bits per heavy atom. The SMILES string of the molecule is O=C(OCc1ccc([N+](=O)[O-])cc1)C1=CN=CCN1. The first-order valence-electron chi connectivity index (χ1n) is 5.53. The van der Waals surface area contributed by atoms with Gasteiger partial charge in [0.2, 0.25) is 0 Å². The Hall–Kier alpha value is -2.70. The van der Waals surface area contributed by atoms with Crippen LogP contribution in [0.3, 0.4) is 0 Å². The fourth-order valence-corrected chi connectivity index (χ4v) is 1.45. The lowest BCUT2D eigenvalue weighted by atomic mass is 10.2. The minimum Gasteiger partial charge on any atom is -0.456 e. The van der Waals surface area contributed by atoms with Crippen LogP contribution in [-0.4, -0.2) is 23.7 Å². The molecule has 0 fully saturated rings. The van der Waals surface area contributed by atoms with Gasteiger partial charge in [-0.2, -0.15) is 0 Å². The van der Waals surface area contributed by atoms with Crippen LogP contribution in [0, 0.1) is 10.1 Å². The number of hydrogen-bond acceptors (Lipinski definition) is 6. The van der Waals surface area contributed by atoms with E-state index in [1.807, 2.05) is 0 Å². The zero-order valence-corrected chi connectivity index (χ0v) is 9.91. The van der Waals surface area contributed by atoms with Crippen LogP contribution in [-0.2, 0) is 16.1 Å². The highest BCUT2D eigenvalue weighted by Gasteiger charge is 2.12. The average molecular weight is 261 g/mol. The molecule has 0 amide bonds. The Kier molecular flexibility index (Phi) is 3.87. The van der Waals surface area contributed by atoms with E-state index in [2.05, 4.69) is 10.3 Å². The van der Waals surface area contributed by atoms with Crippen molar-refractivity contribution in [2.45, 2.75) is 6.61 Å². The summed E-state index contributed by atoms with van der Waals surface area (Å²) in [7, 11) is 0. The zero-order valence-electron chi connectivity index (χ0n) is 9.91. The Morgan fingerprint density at radius 2 is 2.16 bits per heavy atom. The largest absolute Gasteiger partial charge is 0.456 e. The standard InChI is InChI=1S/C12H11N3O4/c16-12(11-7-13-5-6-14-11)19-8-9-1-3-10(4-2-9)15(17)18/h1-5,7,14H,6,8H2. The van der Waals surface area contributed by atoms with Crippen molar-refractivity contribution in [1.82, 2.24) is 5.32 Å². The lowest BCUT2D eigenvalue weighted by molar-refractivity contribution is -0.384. The number of aliphatic imine (C=N–C) groups is 1. The summed E-state index contributed by atoms with van der Waals surface area (Å²) >= 11 is 0. The maximum atomic E-state index is 11.6. The Bertz CT molecular complexity index is 549.